The molecule has 3 aromatic rings. The number of phenols is 1. The second-order valence-corrected chi connectivity index (χ2v) is 5.84. The summed E-state index contributed by atoms with van der Waals surface area (Å²) in [7, 11) is 0. The van der Waals surface area contributed by atoms with Crippen molar-refractivity contribution in [3.05, 3.63) is 81.2 Å². The number of pyridine rings is 1. The quantitative estimate of drug-likeness (QED) is 0.301. The predicted molar refractivity (Wildman–Crippen MR) is 101 cm³/mol. The Bertz CT molecular complexity index is 1180. The van der Waals surface area contributed by atoms with Crippen LogP contribution < -0.4 is 16.0 Å². The third-order valence-corrected chi connectivity index (χ3v) is 4.10. The molecule has 1 aromatic heterocycles. The molecule has 9 nitrogen and oxygen atoms in total. The number of phenolic OH excluding ortho intramolecular Hbond substituents is 1. The minimum Gasteiger partial charge on any atom is -0.871 e. The second-order valence-electron chi connectivity index (χ2n) is 5.84. The van der Waals surface area contributed by atoms with Crippen molar-refractivity contribution in [2.45, 2.75) is 6.54 Å². The molecule has 9 heteroatoms. The smallest absolute Gasteiger partial charge is 0.271 e. The van der Waals surface area contributed by atoms with Crippen LogP contribution in [0.2, 0.25) is 0 Å². The van der Waals surface area contributed by atoms with Crippen LogP contribution in [0.15, 0.2) is 59.9 Å². The molecule has 0 atom stereocenters. The summed E-state index contributed by atoms with van der Waals surface area (Å²) in [6.07, 6.45) is 1.45. The van der Waals surface area contributed by atoms with E-state index in [0.717, 1.165) is 18.2 Å². The van der Waals surface area contributed by atoms with Crippen LogP contribution >= 0.6 is 0 Å². The van der Waals surface area contributed by atoms with Crippen molar-refractivity contribution in [3.8, 4) is 11.5 Å². The molecule has 0 radical (unpaired) electrons. The van der Waals surface area contributed by atoms with Gasteiger partial charge in [0.2, 0.25) is 0 Å². The first-order valence-corrected chi connectivity index (χ1v) is 8.07. The average Bonchev–Trinajstić information content (AvgIpc) is 2.67. The molecule has 2 N–H and O–H groups in total. The van der Waals surface area contributed by atoms with Crippen molar-refractivity contribution in [3.63, 3.8) is 0 Å². The van der Waals surface area contributed by atoms with Gasteiger partial charge < -0.3 is 20.1 Å². The molecule has 0 fully saturated rings. The van der Waals surface area contributed by atoms with Gasteiger partial charge in [-0.2, -0.15) is 0 Å². The number of carbonyl (C=O) groups is 1. The number of nitro groups is 1. The summed E-state index contributed by atoms with van der Waals surface area (Å²) in [5, 5.41) is 35.8. The number of allylic oxidation sites excluding steroid dienone is 1. The fourth-order valence-corrected chi connectivity index (χ4v) is 2.81. The van der Waals surface area contributed by atoms with E-state index < -0.39 is 33.5 Å². The number of aromatic hydroxyl groups is 1. The van der Waals surface area contributed by atoms with Crippen molar-refractivity contribution in [1.29, 1.82) is 0 Å². The van der Waals surface area contributed by atoms with Crippen LogP contribution in [-0.4, -0.2) is 20.5 Å². The standard InChI is InChI=1S/C19H15N3O6/c1-2-9-21-14-6-4-3-5-12(14)17(24)16(19(21)26)18(25)20-13-10-11(22(27)28)7-8-15(13)23/h2-8,10,23-24H,1,9H2,(H,20,25)/p-1. The van der Waals surface area contributed by atoms with Gasteiger partial charge in [0.15, 0.2) is 0 Å². The Kier molecular flexibility index (Phi) is 4.82. The van der Waals surface area contributed by atoms with E-state index in [4.69, 9.17) is 0 Å². The van der Waals surface area contributed by atoms with Crippen molar-refractivity contribution in [2.24, 2.45) is 0 Å². The summed E-state index contributed by atoms with van der Waals surface area (Å²) >= 11 is 0. The predicted octanol–water partition coefficient (Wildman–Crippen LogP) is 2.13. The van der Waals surface area contributed by atoms with Gasteiger partial charge in [-0.05, 0) is 17.5 Å². The number of amides is 1. The van der Waals surface area contributed by atoms with Gasteiger partial charge in [0, 0.05) is 18.7 Å². The SMILES string of the molecule is C=CCn1c(=O)c(C(=O)Nc2cc([N+](=O)[O-])ccc2O)c([O-])c2ccccc21. The van der Waals surface area contributed by atoms with Crippen LogP contribution in [0.3, 0.4) is 0 Å². The maximum Gasteiger partial charge on any atom is 0.271 e. The number of nitro benzene ring substituents is 1. The number of non-ortho nitro benzene ring substituents is 1. The lowest BCUT2D eigenvalue weighted by Crippen LogP contribution is -2.31. The largest absolute Gasteiger partial charge is 0.871 e. The van der Waals surface area contributed by atoms with Crippen LogP contribution in [0.25, 0.3) is 10.9 Å². The monoisotopic (exact) mass is 380 g/mol. The molecule has 1 heterocycles. The van der Waals surface area contributed by atoms with Crippen molar-refractivity contribution < 1.29 is 19.9 Å². The molecule has 0 saturated carbocycles. The van der Waals surface area contributed by atoms with Gasteiger partial charge in [-0.15, -0.1) is 6.58 Å². The lowest BCUT2D eigenvalue weighted by Gasteiger charge is -2.19. The number of hydrogen-bond acceptors (Lipinski definition) is 6. The molecule has 0 spiro atoms. The number of benzene rings is 2. The number of anilines is 1. The van der Waals surface area contributed by atoms with Crippen LogP contribution in [0, 0.1) is 10.1 Å². The van der Waals surface area contributed by atoms with Crippen LogP contribution in [0.4, 0.5) is 11.4 Å². The summed E-state index contributed by atoms with van der Waals surface area (Å²) in [6, 6.07) is 9.33. The van der Waals surface area contributed by atoms with E-state index in [9.17, 15) is 29.9 Å². The molecule has 0 bridgehead atoms. The van der Waals surface area contributed by atoms with E-state index in [1.807, 2.05) is 0 Å². The van der Waals surface area contributed by atoms with E-state index in [1.165, 1.54) is 16.7 Å². The fourth-order valence-electron chi connectivity index (χ4n) is 2.81. The van der Waals surface area contributed by atoms with Crippen LogP contribution in [0.1, 0.15) is 10.4 Å². The Hall–Kier alpha value is -4.14. The first-order chi connectivity index (χ1) is 13.3. The molecular formula is C19H14N3O6-. The minimum atomic E-state index is -1.07. The maximum atomic E-state index is 12.8. The first kappa shape index (κ1) is 18.6. The fraction of sp³-hybridized carbons (Fsp3) is 0.0526. The van der Waals surface area contributed by atoms with Crippen molar-refractivity contribution in [1.82, 2.24) is 4.57 Å². The van der Waals surface area contributed by atoms with E-state index in [0.29, 0.717) is 5.52 Å². The van der Waals surface area contributed by atoms with E-state index in [-0.39, 0.29) is 23.3 Å². The molecular weight excluding hydrogens is 366 g/mol. The van der Waals surface area contributed by atoms with E-state index in [2.05, 4.69) is 11.9 Å². The summed E-state index contributed by atoms with van der Waals surface area (Å²) in [6.45, 7) is 3.64. The minimum absolute atomic E-state index is 0.0714. The topological polar surface area (TPSA) is 138 Å². The molecule has 0 aliphatic rings. The lowest BCUT2D eigenvalue weighted by atomic mass is 10.1. The zero-order valence-corrected chi connectivity index (χ0v) is 14.4. The van der Waals surface area contributed by atoms with Gasteiger partial charge in [-0.1, -0.05) is 30.0 Å². The molecule has 142 valence electrons. The number of fused-ring (bicyclic) bond motifs is 1. The van der Waals surface area contributed by atoms with Crippen LogP contribution in [0.5, 0.6) is 11.5 Å². The highest BCUT2D eigenvalue weighted by Crippen LogP contribution is 2.29. The third-order valence-electron chi connectivity index (χ3n) is 4.10. The van der Waals surface area contributed by atoms with E-state index >= 15 is 0 Å². The van der Waals surface area contributed by atoms with Crippen molar-refractivity contribution in [2.75, 3.05) is 5.32 Å². The highest BCUT2D eigenvalue weighted by molar-refractivity contribution is 6.09. The highest BCUT2D eigenvalue weighted by Gasteiger charge is 2.19. The number of carbonyl (C=O) groups excluding carboxylic acids is 1. The Labute approximate surface area is 157 Å². The molecule has 2 aromatic carbocycles. The van der Waals surface area contributed by atoms with Gasteiger partial charge in [-0.25, -0.2) is 0 Å². The molecule has 0 aliphatic heterocycles. The molecule has 28 heavy (non-hydrogen) atoms. The Morgan fingerprint density at radius 1 is 1.29 bits per heavy atom. The zero-order valence-electron chi connectivity index (χ0n) is 14.4. The Balaban J connectivity index is 2.15. The second kappa shape index (κ2) is 7.23. The molecule has 0 unspecified atom stereocenters. The Morgan fingerprint density at radius 2 is 2.00 bits per heavy atom. The summed E-state index contributed by atoms with van der Waals surface area (Å²) in [4.78, 5) is 35.6. The molecule has 0 aliphatic carbocycles. The van der Waals surface area contributed by atoms with Gasteiger partial charge in [0.1, 0.15) is 5.75 Å². The maximum absolute atomic E-state index is 12.8. The van der Waals surface area contributed by atoms with Gasteiger partial charge >= 0.3 is 0 Å². The number of hydrogen-bond donors (Lipinski definition) is 2. The first-order valence-electron chi connectivity index (χ1n) is 8.07. The third kappa shape index (κ3) is 3.16. The molecule has 1 amide bonds. The number of nitrogens with one attached hydrogen (secondary N) is 1. The summed E-state index contributed by atoms with van der Waals surface area (Å²) in [5.74, 6) is -2.30. The zero-order chi connectivity index (χ0) is 20.4. The lowest BCUT2D eigenvalue weighted by molar-refractivity contribution is -0.384. The highest BCUT2D eigenvalue weighted by atomic mass is 16.6. The van der Waals surface area contributed by atoms with Gasteiger partial charge in [0.05, 0.1) is 21.7 Å². The number of aromatic nitrogens is 1. The number of rotatable bonds is 5. The normalized spacial score (nSPS) is 10.6. The summed E-state index contributed by atoms with van der Waals surface area (Å²) in [5.41, 5.74) is -1.80. The Morgan fingerprint density at radius 3 is 2.68 bits per heavy atom. The van der Waals surface area contributed by atoms with E-state index in [1.54, 1.807) is 18.2 Å². The average molecular weight is 380 g/mol. The number of nitrogens with zero attached hydrogens (tertiary/aromatic N) is 2. The van der Waals surface area contributed by atoms with Gasteiger partial charge in [0.25, 0.3) is 17.2 Å². The molecule has 0 saturated heterocycles. The number of para-hydroxylation sites is 1. The van der Waals surface area contributed by atoms with Gasteiger partial charge in [-0.3, -0.25) is 19.7 Å². The molecule has 3 rings (SSSR count). The van der Waals surface area contributed by atoms with Crippen molar-refractivity contribution >= 4 is 28.2 Å². The van der Waals surface area contributed by atoms with Crippen LogP contribution in [-0.2, 0) is 6.54 Å². The summed E-state index contributed by atoms with van der Waals surface area (Å²) < 4.78 is 1.23.